The number of hydrogen-bond donors (Lipinski definition) is 1. The van der Waals surface area contributed by atoms with Crippen LogP contribution in [0.4, 0.5) is 0 Å². The van der Waals surface area contributed by atoms with E-state index in [1.807, 2.05) is 0 Å². The Hall–Kier alpha value is 0.154. The summed E-state index contributed by atoms with van der Waals surface area (Å²) in [5.74, 6) is 0. The molecule has 0 atom stereocenters. The normalized spacial score (nSPS) is 12.5. The van der Waals surface area contributed by atoms with Crippen LogP contribution in [0.25, 0.3) is 0 Å². The van der Waals surface area contributed by atoms with Gasteiger partial charge in [0.05, 0.1) is 0 Å². The van der Waals surface area contributed by atoms with Gasteiger partial charge in [0.25, 0.3) is 0 Å². The highest BCUT2D eigenvalue weighted by Gasteiger charge is 2.41. The molecule has 1 N–H and O–H groups in total. The van der Waals surface area contributed by atoms with Gasteiger partial charge in [-0.2, -0.15) is 0 Å². The Balaban J connectivity index is 4.39. The van der Waals surface area contributed by atoms with Crippen LogP contribution in [0.2, 0.25) is 12.1 Å². The van der Waals surface area contributed by atoms with Crippen LogP contribution in [0, 0.1) is 0 Å². The van der Waals surface area contributed by atoms with Crippen molar-refractivity contribution in [1.82, 2.24) is 5.32 Å². The van der Waals surface area contributed by atoms with Crippen LogP contribution in [0.5, 0.6) is 0 Å². The van der Waals surface area contributed by atoms with Crippen molar-refractivity contribution in [2.24, 2.45) is 0 Å². The van der Waals surface area contributed by atoms with Crippen LogP contribution in [0.3, 0.4) is 0 Å². The maximum atomic E-state index is 6.20. The lowest BCUT2D eigenvalue weighted by molar-refractivity contribution is 0.0581. The quantitative estimate of drug-likeness (QED) is 0.0893. The third-order valence-corrected chi connectivity index (χ3v) is 11.1. The fraction of sp³-hybridized carbons (Fsp3) is 1.00. The number of nitrogens with one attached hydrogen (secondary N) is 1. The molecule has 0 aromatic rings. The molecule has 0 unspecified atom stereocenters. The molecule has 35 heavy (non-hydrogen) atoms. The van der Waals surface area contributed by atoms with Crippen LogP contribution < -0.4 is 5.32 Å². The smallest absolute Gasteiger partial charge is 0.373 e. The van der Waals surface area contributed by atoms with Crippen molar-refractivity contribution >= 4 is 17.6 Å². The van der Waals surface area contributed by atoms with Crippen molar-refractivity contribution in [3.63, 3.8) is 0 Å². The number of unbranched alkanes of at least 4 members (excludes halogenated alkanes) is 2. The van der Waals surface area contributed by atoms with E-state index in [1.165, 1.54) is 0 Å². The second-order valence-electron chi connectivity index (χ2n) is 9.12. The third-order valence-electron chi connectivity index (χ3n) is 5.33. The zero-order chi connectivity index (χ0) is 26.1. The number of hydrogen-bond acceptors (Lipinski definition) is 7. The molecule has 0 amide bonds. The molecular weight excluding hydrogens is 478 g/mol. The van der Waals surface area contributed by atoms with Gasteiger partial charge in [0.2, 0.25) is 0 Å². The van der Waals surface area contributed by atoms with Crippen LogP contribution in [-0.2, 0) is 26.6 Å². The Labute approximate surface area is 220 Å². The molecule has 0 saturated carbocycles. The molecule has 0 aliphatic rings. The summed E-state index contributed by atoms with van der Waals surface area (Å²) < 4.78 is 37.2. The highest BCUT2D eigenvalue weighted by molar-refractivity contribution is 6.61. The minimum absolute atomic E-state index is 0.717. The Kier molecular flexibility index (Phi) is 24.6. The molecule has 0 spiro atoms. The maximum absolute atomic E-state index is 6.20. The summed E-state index contributed by atoms with van der Waals surface area (Å²) in [7, 11) is -5.12. The van der Waals surface area contributed by atoms with Crippen molar-refractivity contribution in [1.29, 1.82) is 0 Å². The van der Waals surface area contributed by atoms with Gasteiger partial charge in [0, 0.05) is 51.7 Å². The first-order chi connectivity index (χ1) is 17.1. The minimum atomic E-state index is -2.56. The fourth-order valence-electron chi connectivity index (χ4n) is 3.54. The molecule has 0 aromatic heterocycles. The highest BCUT2D eigenvalue weighted by Crippen LogP contribution is 2.22. The average Bonchev–Trinajstić information content (AvgIpc) is 2.88. The molecule has 0 aliphatic carbocycles. The van der Waals surface area contributed by atoms with E-state index in [0.717, 1.165) is 89.4 Å². The van der Waals surface area contributed by atoms with Gasteiger partial charge in [0.1, 0.15) is 0 Å². The third kappa shape index (κ3) is 18.1. The summed E-state index contributed by atoms with van der Waals surface area (Å²) in [5, 5.41) is 3.60. The van der Waals surface area contributed by atoms with Gasteiger partial charge in [-0.25, -0.2) is 0 Å². The summed E-state index contributed by atoms with van der Waals surface area (Å²) in [6, 6.07) is 1.81. The second-order valence-corrected chi connectivity index (χ2v) is 14.6. The SMILES string of the molecule is CCCO[Si](CCCCNCCCC[Si](OCCC)(OCCC)OCCC)(OCCC)OCCC. The standard InChI is InChI=1S/C26H59NO6Si2/c1-7-19-28-34(29-20-8-2,30-21-9-3)25-15-13-17-27-18-14-16-26-35(31-22-10-4,32-23-11-5)33-24-12-6/h27H,7-26H2,1-6H3. The minimum Gasteiger partial charge on any atom is -0.373 e. The molecule has 0 saturated heterocycles. The van der Waals surface area contributed by atoms with E-state index >= 15 is 0 Å². The van der Waals surface area contributed by atoms with Gasteiger partial charge in [-0.1, -0.05) is 41.5 Å². The van der Waals surface area contributed by atoms with Gasteiger partial charge in [-0.15, -0.1) is 0 Å². The van der Waals surface area contributed by atoms with Crippen molar-refractivity contribution < 1.29 is 26.6 Å². The zero-order valence-electron chi connectivity index (χ0n) is 24.1. The highest BCUT2D eigenvalue weighted by atomic mass is 28.4. The van der Waals surface area contributed by atoms with E-state index in [4.69, 9.17) is 26.6 Å². The molecule has 0 aromatic carbocycles. The number of rotatable bonds is 28. The van der Waals surface area contributed by atoms with Crippen LogP contribution in [-0.4, -0.2) is 70.3 Å². The van der Waals surface area contributed by atoms with Crippen LogP contribution in [0.15, 0.2) is 0 Å². The van der Waals surface area contributed by atoms with Crippen molar-refractivity contribution in [2.75, 3.05) is 52.7 Å². The zero-order valence-corrected chi connectivity index (χ0v) is 26.1. The van der Waals surface area contributed by atoms with Crippen molar-refractivity contribution in [3.8, 4) is 0 Å². The van der Waals surface area contributed by atoms with Crippen LogP contribution >= 0.6 is 0 Å². The summed E-state index contributed by atoms with van der Waals surface area (Å²) in [5.41, 5.74) is 0. The lowest BCUT2D eigenvalue weighted by atomic mass is 10.3. The molecule has 0 bridgehead atoms. The van der Waals surface area contributed by atoms with E-state index in [2.05, 4.69) is 46.9 Å². The summed E-state index contributed by atoms with van der Waals surface area (Å²) >= 11 is 0. The first-order valence-electron chi connectivity index (χ1n) is 14.6. The van der Waals surface area contributed by atoms with E-state index in [0.29, 0.717) is 39.6 Å². The van der Waals surface area contributed by atoms with E-state index in [-0.39, 0.29) is 0 Å². The Morgan fingerprint density at radius 1 is 0.400 bits per heavy atom. The molecule has 9 heteroatoms. The lowest BCUT2D eigenvalue weighted by Gasteiger charge is -2.30. The van der Waals surface area contributed by atoms with E-state index in [1.54, 1.807) is 0 Å². The van der Waals surface area contributed by atoms with Gasteiger partial charge >= 0.3 is 17.6 Å². The van der Waals surface area contributed by atoms with Gasteiger partial charge in [-0.3, -0.25) is 0 Å². The molecule has 7 nitrogen and oxygen atoms in total. The van der Waals surface area contributed by atoms with Gasteiger partial charge < -0.3 is 31.9 Å². The van der Waals surface area contributed by atoms with E-state index < -0.39 is 17.6 Å². The Bertz CT molecular complexity index is 367. The molecule has 0 aliphatic heterocycles. The maximum Gasteiger partial charge on any atom is 0.500 e. The van der Waals surface area contributed by atoms with Gasteiger partial charge in [-0.05, 0) is 77.3 Å². The molecule has 0 radical (unpaired) electrons. The molecule has 212 valence electrons. The second kappa shape index (κ2) is 24.5. The van der Waals surface area contributed by atoms with Crippen molar-refractivity contribution in [2.45, 2.75) is 118 Å². The summed E-state index contributed by atoms with van der Waals surface area (Å²) in [4.78, 5) is 0. The first-order valence-corrected chi connectivity index (χ1v) is 18.5. The summed E-state index contributed by atoms with van der Waals surface area (Å²) in [6.07, 6.45) is 10.3. The van der Waals surface area contributed by atoms with Crippen LogP contribution in [0.1, 0.15) is 106 Å². The molecule has 0 heterocycles. The molecular formula is C26H59NO6Si2. The monoisotopic (exact) mass is 537 g/mol. The van der Waals surface area contributed by atoms with Crippen molar-refractivity contribution in [3.05, 3.63) is 0 Å². The predicted molar refractivity (Wildman–Crippen MR) is 150 cm³/mol. The predicted octanol–water partition coefficient (Wildman–Crippen LogP) is 6.57. The average molecular weight is 538 g/mol. The topological polar surface area (TPSA) is 67.4 Å². The fourth-order valence-corrected chi connectivity index (χ4v) is 9.36. The Morgan fingerprint density at radius 2 is 0.657 bits per heavy atom. The largest absolute Gasteiger partial charge is 0.500 e. The molecule has 0 rings (SSSR count). The summed E-state index contributed by atoms with van der Waals surface area (Å²) in [6.45, 7) is 19.1. The van der Waals surface area contributed by atoms with Gasteiger partial charge in [0.15, 0.2) is 0 Å². The lowest BCUT2D eigenvalue weighted by Crippen LogP contribution is -2.46. The van der Waals surface area contributed by atoms with E-state index in [9.17, 15) is 0 Å². The molecule has 0 fully saturated rings. The first kappa shape index (κ1) is 35.2. The Morgan fingerprint density at radius 3 is 0.886 bits per heavy atom.